The zero-order valence-corrected chi connectivity index (χ0v) is 15.7. The van der Waals surface area contributed by atoms with Gasteiger partial charge in [0.2, 0.25) is 0 Å². The normalized spacial score (nSPS) is 20.9. The summed E-state index contributed by atoms with van der Waals surface area (Å²) in [6.45, 7) is 2.97. The van der Waals surface area contributed by atoms with E-state index in [0.29, 0.717) is 6.04 Å². The fourth-order valence-corrected chi connectivity index (χ4v) is 4.01. The maximum atomic E-state index is 5.63. The van der Waals surface area contributed by atoms with Crippen LogP contribution >= 0.6 is 0 Å². The molecule has 0 amide bonds. The second-order valence-corrected chi connectivity index (χ2v) is 7.42. The summed E-state index contributed by atoms with van der Waals surface area (Å²) in [4.78, 5) is 2.52. The molecule has 140 valence electrons. The van der Waals surface area contributed by atoms with E-state index < -0.39 is 0 Å². The average molecular weight is 356 g/mol. The molecule has 1 saturated carbocycles. The van der Waals surface area contributed by atoms with Gasteiger partial charge >= 0.3 is 0 Å². The number of hydrogen-bond acceptors (Lipinski definition) is 5. The fraction of sp³-hybridized carbons (Fsp3) is 0.600. The van der Waals surface area contributed by atoms with E-state index >= 15 is 0 Å². The number of rotatable bonds is 7. The standard InChI is InChI=1S/C20H28N4O2/c1-25-18-8-5-6-16(19(18)26-2)13-23-11-4-3-7-17(23)20-22-21-14-24(20)12-15-9-10-15/h5-6,8,14-15,17H,3-4,7,9-13H2,1-2H3/t17-/m1/s1. The lowest BCUT2D eigenvalue weighted by atomic mass is 10.00. The van der Waals surface area contributed by atoms with Gasteiger partial charge in [0.05, 0.1) is 20.3 Å². The lowest BCUT2D eigenvalue weighted by molar-refractivity contribution is 0.128. The second kappa shape index (κ2) is 7.66. The van der Waals surface area contributed by atoms with E-state index in [0.717, 1.165) is 54.9 Å². The molecule has 0 spiro atoms. The van der Waals surface area contributed by atoms with Crippen LogP contribution in [-0.2, 0) is 13.1 Å². The first-order valence-corrected chi connectivity index (χ1v) is 9.61. The molecule has 0 bridgehead atoms. The van der Waals surface area contributed by atoms with Crippen LogP contribution in [0.25, 0.3) is 0 Å². The molecule has 0 radical (unpaired) electrons. The van der Waals surface area contributed by atoms with E-state index in [9.17, 15) is 0 Å². The molecule has 6 nitrogen and oxygen atoms in total. The first-order chi connectivity index (χ1) is 12.8. The molecule has 2 aromatic rings. The Hall–Kier alpha value is -2.08. The van der Waals surface area contributed by atoms with Crippen LogP contribution in [-0.4, -0.2) is 40.4 Å². The molecule has 1 aliphatic carbocycles. The van der Waals surface area contributed by atoms with Gasteiger partial charge in [0.15, 0.2) is 11.5 Å². The SMILES string of the molecule is COc1cccc(CN2CCCC[C@@H]2c2nncn2CC2CC2)c1OC. The molecule has 6 heteroatoms. The van der Waals surface area contributed by atoms with E-state index in [1.165, 1.54) is 25.7 Å². The molecule has 4 rings (SSSR count). The number of hydrogen-bond donors (Lipinski definition) is 0. The number of benzene rings is 1. The maximum absolute atomic E-state index is 5.63. The largest absolute Gasteiger partial charge is 0.493 e. The first kappa shape index (κ1) is 17.3. The number of likely N-dealkylation sites (tertiary alicyclic amines) is 1. The van der Waals surface area contributed by atoms with Crippen LogP contribution in [0.5, 0.6) is 11.5 Å². The van der Waals surface area contributed by atoms with Crippen LogP contribution in [0.15, 0.2) is 24.5 Å². The van der Waals surface area contributed by atoms with Crippen molar-refractivity contribution >= 4 is 0 Å². The molecule has 2 fully saturated rings. The quantitative estimate of drug-likeness (QED) is 0.761. The Morgan fingerprint density at radius 3 is 2.77 bits per heavy atom. The van der Waals surface area contributed by atoms with Crippen molar-refractivity contribution in [1.29, 1.82) is 0 Å². The van der Waals surface area contributed by atoms with E-state index in [2.05, 4.69) is 25.7 Å². The van der Waals surface area contributed by atoms with Crippen molar-refractivity contribution in [3.8, 4) is 11.5 Å². The van der Waals surface area contributed by atoms with Crippen molar-refractivity contribution < 1.29 is 9.47 Å². The predicted octanol–water partition coefficient (Wildman–Crippen LogP) is 3.43. The lowest BCUT2D eigenvalue weighted by Gasteiger charge is -2.35. The summed E-state index contributed by atoms with van der Waals surface area (Å²) in [5, 5.41) is 8.73. The van der Waals surface area contributed by atoms with E-state index in [1.54, 1.807) is 14.2 Å². The van der Waals surface area contributed by atoms with Crippen molar-refractivity contribution in [2.45, 2.75) is 51.2 Å². The summed E-state index contributed by atoms with van der Waals surface area (Å²) in [5.41, 5.74) is 1.16. The van der Waals surface area contributed by atoms with E-state index in [4.69, 9.17) is 9.47 Å². The molecular formula is C20H28N4O2. The van der Waals surface area contributed by atoms with Crippen LogP contribution < -0.4 is 9.47 Å². The summed E-state index contributed by atoms with van der Waals surface area (Å²) >= 11 is 0. The minimum atomic E-state index is 0.320. The van der Waals surface area contributed by atoms with Crippen molar-refractivity contribution in [2.24, 2.45) is 5.92 Å². The van der Waals surface area contributed by atoms with Crippen LogP contribution in [0.4, 0.5) is 0 Å². The molecule has 1 aromatic carbocycles. The summed E-state index contributed by atoms with van der Waals surface area (Å²) in [7, 11) is 3.40. The van der Waals surface area contributed by atoms with Gasteiger partial charge in [-0.25, -0.2) is 0 Å². The highest BCUT2D eigenvalue weighted by Gasteiger charge is 2.31. The Kier molecular flexibility index (Phi) is 5.11. The molecule has 2 heterocycles. The number of aromatic nitrogens is 3. The van der Waals surface area contributed by atoms with Crippen LogP contribution in [0.3, 0.4) is 0 Å². The number of piperidine rings is 1. The topological polar surface area (TPSA) is 52.4 Å². The molecule has 0 unspecified atom stereocenters. The van der Waals surface area contributed by atoms with Crippen molar-refractivity contribution in [3.63, 3.8) is 0 Å². The lowest BCUT2D eigenvalue weighted by Crippen LogP contribution is -2.34. The highest BCUT2D eigenvalue weighted by Crippen LogP contribution is 2.37. The summed E-state index contributed by atoms with van der Waals surface area (Å²) in [6.07, 6.45) is 8.19. The van der Waals surface area contributed by atoms with Crippen molar-refractivity contribution in [1.82, 2.24) is 19.7 Å². The fourth-order valence-electron chi connectivity index (χ4n) is 4.01. The van der Waals surface area contributed by atoms with Crippen molar-refractivity contribution in [2.75, 3.05) is 20.8 Å². The zero-order chi connectivity index (χ0) is 17.9. The van der Waals surface area contributed by atoms with Gasteiger partial charge in [-0.1, -0.05) is 18.6 Å². The highest BCUT2D eigenvalue weighted by atomic mass is 16.5. The predicted molar refractivity (Wildman–Crippen MR) is 99.3 cm³/mol. The number of para-hydroxylation sites is 1. The number of ether oxygens (including phenoxy) is 2. The second-order valence-electron chi connectivity index (χ2n) is 7.42. The Labute approximate surface area is 155 Å². The third-order valence-electron chi connectivity index (χ3n) is 5.57. The monoisotopic (exact) mass is 356 g/mol. The molecule has 26 heavy (non-hydrogen) atoms. The van der Waals surface area contributed by atoms with Gasteiger partial charge in [0, 0.05) is 18.7 Å². The maximum Gasteiger partial charge on any atom is 0.165 e. The van der Waals surface area contributed by atoms with E-state index in [1.807, 2.05) is 18.5 Å². The average Bonchev–Trinajstić information content (AvgIpc) is 3.37. The molecular weight excluding hydrogens is 328 g/mol. The number of methoxy groups -OCH3 is 2. The van der Waals surface area contributed by atoms with Crippen molar-refractivity contribution in [3.05, 3.63) is 35.9 Å². The Bertz CT molecular complexity index is 741. The summed E-state index contributed by atoms with van der Waals surface area (Å²) < 4.78 is 13.4. The molecule has 1 aromatic heterocycles. The van der Waals surface area contributed by atoms with E-state index in [-0.39, 0.29) is 0 Å². The Balaban J connectivity index is 1.58. The minimum Gasteiger partial charge on any atom is -0.493 e. The third-order valence-corrected chi connectivity index (χ3v) is 5.57. The molecule has 1 atom stereocenters. The van der Waals surface area contributed by atoms with Gasteiger partial charge in [-0.3, -0.25) is 4.90 Å². The summed E-state index contributed by atoms with van der Waals surface area (Å²) in [5.74, 6) is 3.56. The molecule has 2 aliphatic rings. The Morgan fingerprint density at radius 1 is 1.12 bits per heavy atom. The van der Waals surface area contributed by atoms with Crippen LogP contribution in [0, 0.1) is 5.92 Å². The molecule has 1 saturated heterocycles. The third kappa shape index (κ3) is 3.56. The highest BCUT2D eigenvalue weighted by molar-refractivity contribution is 5.46. The van der Waals surface area contributed by atoms with Gasteiger partial charge < -0.3 is 14.0 Å². The number of nitrogens with zero attached hydrogens (tertiary/aromatic N) is 4. The van der Waals surface area contributed by atoms with Gasteiger partial charge in [0.25, 0.3) is 0 Å². The summed E-state index contributed by atoms with van der Waals surface area (Å²) in [6, 6.07) is 6.43. The molecule has 0 N–H and O–H groups in total. The minimum absolute atomic E-state index is 0.320. The first-order valence-electron chi connectivity index (χ1n) is 9.61. The van der Waals surface area contributed by atoms with Crippen LogP contribution in [0.2, 0.25) is 0 Å². The van der Waals surface area contributed by atoms with Gasteiger partial charge in [-0.05, 0) is 44.2 Å². The Morgan fingerprint density at radius 2 is 2.00 bits per heavy atom. The zero-order valence-electron chi connectivity index (χ0n) is 15.7. The molecule has 1 aliphatic heterocycles. The van der Waals surface area contributed by atoms with Crippen LogP contribution in [0.1, 0.15) is 49.5 Å². The smallest absolute Gasteiger partial charge is 0.165 e. The van der Waals surface area contributed by atoms with Gasteiger partial charge in [-0.15, -0.1) is 10.2 Å². The van der Waals surface area contributed by atoms with Gasteiger partial charge in [-0.2, -0.15) is 0 Å². The van der Waals surface area contributed by atoms with Gasteiger partial charge in [0.1, 0.15) is 12.2 Å².